The van der Waals surface area contributed by atoms with E-state index in [2.05, 4.69) is 15.4 Å². The SMILES string of the molecule is CCOC(=O)C[C@H](NC(=O)[C@@H]1CCC(=O)N1)C(=O)O. The molecule has 0 spiro atoms. The van der Waals surface area contributed by atoms with Crippen molar-refractivity contribution in [2.75, 3.05) is 6.61 Å². The fourth-order valence-electron chi connectivity index (χ4n) is 1.67. The third-order valence-electron chi connectivity index (χ3n) is 2.60. The summed E-state index contributed by atoms with van der Waals surface area (Å²) in [5.41, 5.74) is 0. The molecule has 8 heteroatoms. The Labute approximate surface area is 109 Å². The fourth-order valence-corrected chi connectivity index (χ4v) is 1.67. The number of esters is 1. The van der Waals surface area contributed by atoms with Crippen molar-refractivity contribution in [1.82, 2.24) is 10.6 Å². The van der Waals surface area contributed by atoms with Crippen LogP contribution >= 0.6 is 0 Å². The highest BCUT2D eigenvalue weighted by Crippen LogP contribution is 2.07. The van der Waals surface area contributed by atoms with Gasteiger partial charge < -0.3 is 20.5 Å². The molecule has 0 aromatic rings. The van der Waals surface area contributed by atoms with Gasteiger partial charge in [-0.3, -0.25) is 14.4 Å². The highest BCUT2D eigenvalue weighted by molar-refractivity contribution is 5.93. The zero-order chi connectivity index (χ0) is 14.4. The Morgan fingerprint density at radius 1 is 1.53 bits per heavy atom. The molecule has 1 heterocycles. The molecule has 0 saturated carbocycles. The minimum absolute atomic E-state index is 0.137. The third-order valence-corrected chi connectivity index (χ3v) is 2.60. The van der Waals surface area contributed by atoms with E-state index >= 15 is 0 Å². The Hall–Kier alpha value is -2.12. The molecule has 8 nitrogen and oxygen atoms in total. The fraction of sp³-hybridized carbons (Fsp3) is 0.636. The van der Waals surface area contributed by atoms with Gasteiger partial charge >= 0.3 is 11.9 Å². The maximum absolute atomic E-state index is 11.7. The van der Waals surface area contributed by atoms with E-state index in [0.29, 0.717) is 6.42 Å². The van der Waals surface area contributed by atoms with Crippen molar-refractivity contribution in [3.8, 4) is 0 Å². The van der Waals surface area contributed by atoms with Gasteiger partial charge in [0.2, 0.25) is 11.8 Å². The smallest absolute Gasteiger partial charge is 0.326 e. The maximum Gasteiger partial charge on any atom is 0.326 e. The van der Waals surface area contributed by atoms with Crippen molar-refractivity contribution < 1.29 is 29.0 Å². The lowest BCUT2D eigenvalue weighted by molar-refractivity contribution is -0.150. The minimum Gasteiger partial charge on any atom is -0.480 e. The Kier molecular flexibility index (Phi) is 5.28. The summed E-state index contributed by atoms with van der Waals surface area (Å²) in [7, 11) is 0. The molecule has 0 aromatic heterocycles. The van der Waals surface area contributed by atoms with Gasteiger partial charge in [-0.05, 0) is 13.3 Å². The molecule has 2 amide bonds. The molecule has 0 aromatic carbocycles. The highest BCUT2D eigenvalue weighted by atomic mass is 16.5. The molecule has 0 radical (unpaired) electrons. The number of aliphatic carboxylic acids is 1. The first-order valence-corrected chi connectivity index (χ1v) is 5.92. The van der Waals surface area contributed by atoms with Crippen molar-refractivity contribution >= 4 is 23.8 Å². The van der Waals surface area contributed by atoms with Crippen LogP contribution in [0.2, 0.25) is 0 Å². The number of carbonyl (C=O) groups is 4. The molecule has 1 saturated heterocycles. The van der Waals surface area contributed by atoms with Gasteiger partial charge in [0.15, 0.2) is 0 Å². The quantitative estimate of drug-likeness (QED) is 0.521. The molecular weight excluding hydrogens is 256 g/mol. The molecule has 0 aliphatic carbocycles. The summed E-state index contributed by atoms with van der Waals surface area (Å²) in [5, 5.41) is 13.6. The Morgan fingerprint density at radius 3 is 2.68 bits per heavy atom. The highest BCUT2D eigenvalue weighted by Gasteiger charge is 2.31. The Morgan fingerprint density at radius 2 is 2.21 bits per heavy atom. The molecule has 3 N–H and O–H groups in total. The lowest BCUT2D eigenvalue weighted by atomic mass is 10.1. The van der Waals surface area contributed by atoms with Crippen LogP contribution in [0.4, 0.5) is 0 Å². The van der Waals surface area contributed by atoms with E-state index in [1.807, 2.05) is 0 Å². The largest absolute Gasteiger partial charge is 0.480 e. The van der Waals surface area contributed by atoms with Gasteiger partial charge in [0, 0.05) is 6.42 Å². The normalized spacial score (nSPS) is 19.4. The third kappa shape index (κ3) is 4.57. The topological polar surface area (TPSA) is 122 Å². The number of carboxylic acids is 1. The number of carbonyl (C=O) groups excluding carboxylic acids is 3. The van der Waals surface area contributed by atoms with Gasteiger partial charge in [0.1, 0.15) is 12.1 Å². The van der Waals surface area contributed by atoms with Crippen LogP contribution in [0.15, 0.2) is 0 Å². The second-order valence-corrected chi connectivity index (χ2v) is 4.07. The van der Waals surface area contributed by atoms with Gasteiger partial charge in [-0.15, -0.1) is 0 Å². The van der Waals surface area contributed by atoms with E-state index in [0.717, 1.165) is 0 Å². The molecule has 1 aliphatic rings. The number of hydrogen-bond acceptors (Lipinski definition) is 5. The first-order chi connectivity index (χ1) is 8.93. The first-order valence-electron chi connectivity index (χ1n) is 5.92. The van der Waals surface area contributed by atoms with Gasteiger partial charge in [0.05, 0.1) is 13.0 Å². The number of amides is 2. The number of rotatable bonds is 6. The van der Waals surface area contributed by atoms with E-state index in [1.54, 1.807) is 6.92 Å². The summed E-state index contributed by atoms with van der Waals surface area (Å²) < 4.78 is 4.62. The number of ether oxygens (including phenoxy) is 1. The Bertz CT molecular complexity index is 395. The first kappa shape index (κ1) is 14.9. The van der Waals surface area contributed by atoms with Gasteiger partial charge in [0.25, 0.3) is 0 Å². The zero-order valence-electron chi connectivity index (χ0n) is 10.5. The van der Waals surface area contributed by atoms with Crippen LogP contribution in [0.3, 0.4) is 0 Å². The van der Waals surface area contributed by atoms with Crippen molar-refractivity contribution in [3.05, 3.63) is 0 Å². The molecule has 1 aliphatic heterocycles. The second-order valence-electron chi connectivity index (χ2n) is 4.07. The average Bonchev–Trinajstić information content (AvgIpc) is 2.75. The maximum atomic E-state index is 11.7. The monoisotopic (exact) mass is 272 g/mol. The summed E-state index contributed by atoms with van der Waals surface area (Å²) in [6.45, 7) is 1.73. The molecular formula is C11H16N2O6. The second kappa shape index (κ2) is 6.72. The summed E-state index contributed by atoms with van der Waals surface area (Å²) in [4.78, 5) is 44.8. The lowest BCUT2D eigenvalue weighted by Gasteiger charge is -2.16. The molecule has 1 fully saturated rings. The van der Waals surface area contributed by atoms with Gasteiger partial charge in [-0.2, -0.15) is 0 Å². The van der Waals surface area contributed by atoms with Crippen LogP contribution in [0.25, 0.3) is 0 Å². The molecule has 106 valence electrons. The number of nitrogens with one attached hydrogen (secondary N) is 2. The van der Waals surface area contributed by atoms with Crippen molar-refractivity contribution in [2.45, 2.75) is 38.3 Å². The van der Waals surface area contributed by atoms with Crippen molar-refractivity contribution in [1.29, 1.82) is 0 Å². The molecule has 0 unspecified atom stereocenters. The summed E-state index contributed by atoms with van der Waals surface area (Å²) in [6.07, 6.45) is 0.0969. The summed E-state index contributed by atoms with van der Waals surface area (Å²) in [6, 6.07) is -2.10. The van der Waals surface area contributed by atoms with Crippen molar-refractivity contribution in [3.63, 3.8) is 0 Å². The summed E-state index contributed by atoms with van der Waals surface area (Å²) >= 11 is 0. The molecule has 0 bridgehead atoms. The van der Waals surface area contributed by atoms with E-state index < -0.39 is 36.4 Å². The van der Waals surface area contributed by atoms with Crippen LogP contribution in [-0.2, 0) is 23.9 Å². The lowest BCUT2D eigenvalue weighted by Crippen LogP contribution is -2.49. The number of carboxylic acid groups (broad SMARTS) is 1. The number of hydrogen-bond donors (Lipinski definition) is 3. The van der Waals surface area contributed by atoms with Gasteiger partial charge in [-0.25, -0.2) is 4.79 Å². The van der Waals surface area contributed by atoms with Crippen LogP contribution in [0.1, 0.15) is 26.2 Å². The van der Waals surface area contributed by atoms with Crippen LogP contribution in [0.5, 0.6) is 0 Å². The van der Waals surface area contributed by atoms with Gasteiger partial charge in [-0.1, -0.05) is 0 Å². The van der Waals surface area contributed by atoms with Crippen LogP contribution in [-0.4, -0.2) is 47.6 Å². The van der Waals surface area contributed by atoms with E-state index in [1.165, 1.54) is 0 Å². The molecule has 19 heavy (non-hydrogen) atoms. The predicted octanol–water partition coefficient (Wildman–Crippen LogP) is -1.21. The average molecular weight is 272 g/mol. The van der Waals surface area contributed by atoms with E-state index in [4.69, 9.17) is 5.11 Å². The Balaban J connectivity index is 2.53. The molecule has 1 rings (SSSR count). The van der Waals surface area contributed by atoms with E-state index in [9.17, 15) is 19.2 Å². The standard InChI is InChI=1S/C11H16N2O6/c1-2-19-9(15)5-7(11(17)18)13-10(16)6-3-4-8(14)12-6/h6-7H,2-5H2,1H3,(H,12,14)(H,13,16)(H,17,18)/t6-,7-/m0/s1. The summed E-state index contributed by atoms with van der Waals surface area (Å²) in [5.74, 6) is -2.89. The van der Waals surface area contributed by atoms with Crippen molar-refractivity contribution in [2.24, 2.45) is 0 Å². The zero-order valence-corrected chi connectivity index (χ0v) is 10.5. The van der Waals surface area contributed by atoms with Crippen LogP contribution < -0.4 is 10.6 Å². The minimum atomic E-state index is -1.36. The van der Waals surface area contributed by atoms with E-state index in [-0.39, 0.29) is 18.9 Å². The molecule has 2 atom stereocenters. The van der Waals surface area contributed by atoms with Crippen LogP contribution in [0, 0.1) is 0 Å². The predicted molar refractivity (Wildman–Crippen MR) is 62.0 cm³/mol.